The van der Waals surface area contributed by atoms with Crippen LogP contribution in [-0.2, 0) is 19.0 Å². The van der Waals surface area contributed by atoms with Gasteiger partial charge in [0.25, 0.3) is 0 Å². The van der Waals surface area contributed by atoms with E-state index in [1.165, 1.54) is 32.1 Å². The van der Waals surface area contributed by atoms with Crippen LogP contribution in [0.5, 0.6) is 0 Å². The fourth-order valence-corrected chi connectivity index (χ4v) is 9.98. The highest BCUT2D eigenvalue weighted by molar-refractivity contribution is 5.66. The third-order valence-corrected chi connectivity index (χ3v) is 11.7. The summed E-state index contributed by atoms with van der Waals surface area (Å²) in [7, 11) is 0. The van der Waals surface area contributed by atoms with Gasteiger partial charge in [-0.2, -0.15) is 0 Å². The fourth-order valence-electron chi connectivity index (χ4n) is 9.98. The molecule has 2 aliphatic heterocycles. The molecule has 184 valence electrons. The summed E-state index contributed by atoms with van der Waals surface area (Å²) < 4.78 is 19.0. The number of rotatable bonds is 1. The minimum absolute atomic E-state index is 0.0849. The molecule has 10 unspecified atom stereocenters. The zero-order valence-electron chi connectivity index (χ0n) is 21.4. The van der Waals surface area contributed by atoms with Crippen molar-refractivity contribution in [2.45, 2.75) is 110 Å². The van der Waals surface area contributed by atoms with Gasteiger partial charge in [0, 0.05) is 25.7 Å². The summed E-state index contributed by atoms with van der Waals surface area (Å²) >= 11 is 0. The zero-order chi connectivity index (χ0) is 23.2. The first-order valence-corrected chi connectivity index (χ1v) is 13.8. The third-order valence-electron chi connectivity index (χ3n) is 11.7. The van der Waals surface area contributed by atoms with E-state index < -0.39 is 0 Å². The van der Waals surface area contributed by atoms with E-state index in [-0.39, 0.29) is 23.3 Å². The Kier molecular flexibility index (Phi) is 5.18. The number of ether oxygens (including phenoxy) is 3. The summed E-state index contributed by atoms with van der Waals surface area (Å²) in [5.41, 5.74) is 2.24. The summed E-state index contributed by atoms with van der Waals surface area (Å²) in [5.74, 6) is 3.64. The molecule has 0 aromatic rings. The summed E-state index contributed by atoms with van der Waals surface area (Å²) in [6.45, 7) is 12.3. The Morgan fingerprint density at radius 2 is 1.91 bits per heavy atom. The smallest absolute Gasteiger partial charge is 0.302 e. The first kappa shape index (κ1) is 22.6. The summed E-state index contributed by atoms with van der Waals surface area (Å²) in [5, 5.41) is 0. The molecule has 33 heavy (non-hydrogen) atoms. The van der Waals surface area contributed by atoms with E-state index in [0.29, 0.717) is 29.3 Å². The molecule has 0 aromatic heterocycles. The largest absolute Gasteiger partial charge is 0.462 e. The minimum Gasteiger partial charge on any atom is -0.462 e. The molecular weight excluding hydrogens is 412 g/mol. The van der Waals surface area contributed by atoms with Crippen molar-refractivity contribution in [3.05, 3.63) is 11.6 Å². The molecule has 5 fully saturated rings. The molecule has 0 radical (unpaired) electrons. The molecule has 2 saturated heterocycles. The van der Waals surface area contributed by atoms with E-state index >= 15 is 0 Å². The molecular formula is C29H44O4. The van der Waals surface area contributed by atoms with Gasteiger partial charge in [0.2, 0.25) is 0 Å². The average molecular weight is 457 g/mol. The van der Waals surface area contributed by atoms with Gasteiger partial charge in [-0.3, -0.25) is 4.79 Å². The summed E-state index contributed by atoms with van der Waals surface area (Å²) in [4.78, 5) is 11.5. The van der Waals surface area contributed by atoms with Crippen LogP contribution in [-0.4, -0.2) is 30.6 Å². The summed E-state index contributed by atoms with van der Waals surface area (Å²) in [6.07, 6.45) is 13.6. The van der Waals surface area contributed by atoms with Crippen LogP contribution in [0.25, 0.3) is 0 Å². The van der Waals surface area contributed by atoms with Crippen molar-refractivity contribution in [3.8, 4) is 0 Å². The van der Waals surface area contributed by atoms with Gasteiger partial charge in [-0.05, 0) is 85.4 Å². The Balaban J connectivity index is 1.24. The molecule has 0 bridgehead atoms. The maximum absolute atomic E-state index is 11.5. The van der Waals surface area contributed by atoms with E-state index in [2.05, 4.69) is 33.8 Å². The van der Waals surface area contributed by atoms with Crippen LogP contribution in [0.15, 0.2) is 11.6 Å². The fraction of sp³-hybridized carbons (Fsp3) is 0.897. The quantitative estimate of drug-likeness (QED) is 0.344. The molecule has 4 nitrogen and oxygen atoms in total. The Morgan fingerprint density at radius 1 is 1.09 bits per heavy atom. The normalized spacial score (nSPS) is 55.2. The van der Waals surface area contributed by atoms with Crippen LogP contribution in [0, 0.1) is 46.3 Å². The highest BCUT2D eigenvalue weighted by atomic mass is 16.7. The highest BCUT2D eigenvalue weighted by Crippen LogP contribution is 2.70. The van der Waals surface area contributed by atoms with Crippen LogP contribution >= 0.6 is 0 Å². The first-order valence-electron chi connectivity index (χ1n) is 13.8. The van der Waals surface area contributed by atoms with E-state index in [0.717, 1.165) is 50.0 Å². The van der Waals surface area contributed by atoms with E-state index in [9.17, 15) is 4.79 Å². The average Bonchev–Trinajstić information content (AvgIpc) is 3.21. The van der Waals surface area contributed by atoms with Crippen LogP contribution in [0.2, 0.25) is 0 Å². The number of fused-ring (bicyclic) bond motifs is 7. The minimum atomic E-state index is -0.312. The summed E-state index contributed by atoms with van der Waals surface area (Å²) in [6, 6.07) is 0. The SMILES string of the molecule is CC(=O)O[C@H]1CCC2(C)C(=CCC3C2CCC2(C)C3CC3OC4(CCC(C)CO4)C(C)C32)C1. The van der Waals surface area contributed by atoms with Gasteiger partial charge in [-0.25, -0.2) is 0 Å². The van der Waals surface area contributed by atoms with Gasteiger partial charge < -0.3 is 14.2 Å². The predicted octanol–water partition coefficient (Wildman–Crippen LogP) is 6.28. The van der Waals surface area contributed by atoms with Gasteiger partial charge >= 0.3 is 5.97 Å². The van der Waals surface area contributed by atoms with Crippen molar-refractivity contribution >= 4 is 5.97 Å². The van der Waals surface area contributed by atoms with E-state index in [4.69, 9.17) is 14.2 Å². The number of allylic oxidation sites excluding steroid dienone is 1. The lowest BCUT2D eigenvalue weighted by Crippen LogP contribution is -2.52. The molecule has 0 N–H and O–H groups in total. The first-order chi connectivity index (χ1) is 15.7. The molecule has 3 saturated carbocycles. The second-order valence-corrected chi connectivity index (χ2v) is 13.3. The number of carbonyl (C=O) groups excluding carboxylic acids is 1. The lowest BCUT2D eigenvalue weighted by Gasteiger charge is -2.58. The zero-order valence-corrected chi connectivity index (χ0v) is 21.4. The number of hydrogen-bond donors (Lipinski definition) is 0. The third kappa shape index (κ3) is 3.18. The molecule has 4 aliphatic carbocycles. The van der Waals surface area contributed by atoms with Gasteiger partial charge in [0.1, 0.15) is 6.10 Å². The van der Waals surface area contributed by atoms with Gasteiger partial charge in [0.05, 0.1) is 12.7 Å². The molecule has 11 atom stereocenters. The Hall–Kier alpha value is -0.870. The number of hydrogen-bond acceptors (Lipinski definition) is 4. The van der Waals surface area contributed by atoms with Crippen LogP contribution in [0.1, 0.15) is 92.4 Å². The van der Waals surface area contributed by atoms with Crippen molar-refractivity contribution in [1.82, 2.24) is 0 Å². The van der Waals surface area contributed by atoms with Crippen molar-refractivity contribution in [2.24, 2.45) is 46.3 Å². The standard InChI is InChI=1S/C29H44O4/c1-17-8-13-29(31-16-17)18(2)26-25(33-29)15-24-22-7-6-20-14-21(32-19(3)30)9-11-27(20,4)23(22)10-12-28(24,26)5/h6,17-18,21-26H,7-16H2,1-5H3/t17?,18?,21-,22?,23?,24?,25?,26?,27?,28?,29?/m0/s1. The van der Waals surface area contributed by atoms with Crippen molar-refractivity contribution in [3.63, 3.8) is 0 Å². The molecule has 6 rings (SSSR count). The topological polar surface area (TPSA) is 44.8 Å². The van der Waals surface area contributed by atoms with Crippen LogP contribution in [0.4, 0.5) is 0 Å². The Bertz CT molecular complexity index is 841. The molecule has 0 amide bonds. The maximum Gasteiger partial charge on any atom is 0.302 e. The lowest BCUT2D eigenvalue weighted by atomic mass is 9.47. The second-order valence-electron chi connectivity index (χ2n) is 13.3. The van der Waals surface area contributed by atoms with E-state index in [1.54, 1.807) is 12.5 Å². The molecule has 0 aromatic carbocycles. The number of carbonyl (C=O) groups is 1. The Labute approximate surface area is 200 Å². The molecule has 4 heteroatoms. The van der Waals surface area contributed by atoms with Crippen LogP contribution in [0.3, 0.4) is 0 Å². The van der Waals surface area contributed by atoms with Crippen molar-refractivity contribution in [2.75, 3.05) is 6.61 Å². The maximum atomic E-state index is 11.5. The molecule has 2 heterocycles. The van der Waals surface area contributed by atoms with Crippen molar-refractivity contribution < 1.29 is 19.0 Å². The highest BCUT2D eigenvalue weighted by Gasteiger charge is 2.68. The van der Waals surface area contributed by atoms with Crippen LogP contribution < -0.4 is 0 Å². The predicted molar refractivity (Wildman–Crippen MR) is 127 cm³/mol. The lowest BCUT2D eigenvalue weighted by molar-refractivity contribution is -0.272. The monoisotopic (exact) mass is 456 g/mol. The van der Waals surface area contributed by atoms with Gasteiger partial charge in [-0.1, -0.05) is 39.3 Å². The molecule has 6 aliphatic rings. The van der Waals surface area contributed by atoms with Gasteiger partial charge in [-0.15, -0.1) is 0 Å². The van der Waals surface area contributed by atoms with E-state index in [1.807, 2.05) is 0 Å². The second kappa shape index (κ2) is 7.56. The Morgan fingerprint density at radius 3 is 2.64 bits per heavy atom. The van der Waals surface area contributed by atoms with Gasteiger partial charge in [0.15, 0.2) is 5.79 Å². The number of esters is 1. The van der Waals surface area contributed by atoms with Crippen molar-refractivity contribution in [1.29, 1.82) is 0 Å². The molecule has 1 spiro atoms.